The maximum absolute atomic E-state index is 5.19. The molecule has 0 aromatic rings. The first-order valence-electron chi connectivity index (χ1n) is 3.20. The summed E-state index contributed by atoms with van der Waals surface area (Å²) in [6.07, 6.45) is 0. The van der Waals surface area contributed by atoms with Gasteiger partial charge in [-0.1, -0.05) is 0 Å². The average molecular weight is 164 g/mol. The number of hydrogen-bond donors (Lipinski definition) is 1. The van der Waals surface area contributed by atoms with Crippen LogP contribution in [0.3, 0.4) is 0 Å². The number of methoxy groups -OCH3 is 2. The summed E-state index contributed by atoms with van der Waals surface area (Å²) in [4.78, 5) is -0.540. The van der Waals surface area contributed by atoms with Crippen molar-refractivity contribution in [1.29, 1.82) is 0 Å². The highest BCUT2D eigenvalue weighted by Gasteiger charge is 2.38. The van der Waals surface area contributed by atoms with Crippen molar-refractivity contribution in [1.82, 2.24) is 0 Å². The molecule has 1 atom stereocenters. The van der Waals surface area contributed by atoms with Crippen molar-refractivity contribution in [2.75, 3.05) is 14.2 Å². The standard InChI is InChI=1S/C7H16O2S/c1-6(2,8-4)7(3,10)9-5/h10H,1-5H3. The highest BCUT2D eigenvalue weighted by Crippen LogP contribution is 2.31. The van der Waals surface area contributed by atoms with Crippen molar-refractivity contribution >= 4 is 12.6 Å². The first kappa shape index (κ1) is 10.3. The molecule has 0 fully saturated rings. The minimum Gasteiger partial charge on any atom is -0.375 e. The van der Waals surface area contributed by atoms with Gasteiger partial charge in [0.1, 0.15) is 4.93 Å². The van der Waals surface area contributed by atoms with Gasteiger partial charge in [0.2, 0.25) is 0 Å². The predicted octanol–water partition coefficient (Wildman–Crippen LogP) is 1.70. The van der Waals surface area contributed by atoms with Crippen LogP contribution in [0.5, 0.6) is 0 Å². The lowest BCUT2D eigenvalue weighted by Crippen LogP contribution is -2.46. The summed E-state index contributed by atoms with van der Waals surface area (Å²) >= 11 is 4.30. The second-order valence-corrected chi connectivity index (χ2v) is 3.75. The van der Waals surface area contributed by atoms with E-state index in [4.69, 9.17) is 9.47 Å². The Hall–Kier alpha value is 0.270. The molecule has 0 bridgehead atoms. The SMILES string of the molecule is COC(C)(C)C(C)(S)OC. The molecule has 3 heteroatoms. The van der Waals surface area contributed by atoms with Crippen LogP contribution in [0.15, 0.2) is 0 Å². The van der Waals surface area contributed by atoms with E-state index in [1.54, 1.807) is 14.2 Å². The van der Waals surface area contributed by atoms with Crippen molar-refractivity contribution < 1.29 is 9.47 Å². The zero-order valence-corrected chi connectivity index (χ0v) is 8.16. The van der Waals surface area contributed by atoms with Gasteiger partial charge in [0.15, 0.2) is 0 Å². The van der Waals surface area contributed by atoms with Gasteiger partial charge in [-0.2, -0.15) is 0 Å². The van der Waals surface area contributed by atoms with E-state index >= 15 is 0 Å². The van der Waals surface area contributed by atoms with Gasteiger partial charge in [0.25, 0.3) is 0 Å². The molecule has 0 aliphatic heterocycles. The second-order valence-electron chi connectivity index (χ2n) is 2.90. The minimum atomic E-state index is -0.540. The number of thiol groups is 1. The Labute approximate surface area is 68.3 Å². The maximum atomic E-state index is 5.19. The van der Waals surface area contributed by atoms with Gasteiger partial charge in [0, 0.05) is 14.2 Å². The molecule has 0 radical (unpaired) electrons. The Balaban J connectivity index is 4.28. The third-order valence-corrected chi connectivity index (χ3v) is 2.75. The molecule has 0 N–H and O–H groups in total. The van der Waals surface area contributed by atoms with Gasteiger partial charge in [-0.15, -0.1) is 12.6 Å². The summed E-state index contributed by atoms with van der Waals surface area (Å²) in [6.45, 7) is 5.74. The minimum absolute atomic E-state index is 0.370. The summed E-state index contributed by atoms with van der Waals surface area (Å²) in [5, 5.41) is 0. The number of ether oxygens (including phenoxy) is 2. The van der Waals surface area contributed by atoms with Crippen molar-refractivity contribution in [3.05, 3.63) is 0 Å². The summed E-state index contributed by atoms with van der Waals surface area (Å²) in [6, 6.07) is 0. The summed E-state index contributed by atoms with van der Waals surface area (Å²) in [5.74, 6) is 0. The van der Waals surface area contributed by atoms with E-state index in [-0.39, 0.29) is 5.60 Å². The van der Waals surface area contributed by atoms with E-state index in [2.05, 4.69) is 12.6 Å². The molecule has 0 aromatic heterocycles. The molecule has 0 aromatic carbocycles. The van der Waals surface area contributed by atoms with Gasteiger partial charge in [-0.3, -0.25) is 0 Å². The third kappa shape index (κ3) is 1.87. The molecule has 1 unspecified atom stereocenters. The van der Waals surface area contributed by atoms with Crippen LogP contribution in [-0.4, -0.2) is 24.8 Å². The van der Waals surface area contributed by atoms with Crippen molar-refractivity contribution in [3.63, 3.8) is 0 Å². The topological polar surface area (TPSA) is 18.5 Å². The van der Waals surface area contributed by atoms with Crippen LogP contribution in [0.25, 0.3) is 0 Å². The Bertz CT molecular complexity index is 96.2. The molecule has 2 nitrogen and oxygen atoms in total. The molecule has 0 amide bonds. The van der Waals surface area contributed by atoms with E-state index in [0.29, 0.717) is 0 Å². The number of hydrogen-bond acceptors (Lipinski definition) is 3. The monoisotopic (exact) mass is 164 g/mol. The van der Waals surface area contributed by atoms with Crippen LogP contribution < -0.4 is 0 Å². The molecule has 0 saturated heterocycles. The molecule has 10 heavy (non-hydrogen) atoms. The zero-order valence-electron chi connectivity index (χ0n) is 7.26. The number of rotatable bonds is 3. The lowest BCUT2D eigenvalue weighted by atomic mass is 10.0. The van der Waals surface area contributed by atoms with E-state index in [1.165, 1.54) is 0 Å². The molecule has 0 aliphatic carbocycles. The lowest BCUT2D eigenvalue weighted by Gasteiger charge is -2.37. The summed E-state index contributed by atoms with van der Waals surface area (Å²) < 4.78 is 10.3. The quantitative estimate of drug-likeness (QED) is 0.505. The predicted molar refractivity (Wildman–Crippen MR) is 45.5 cm³/mol. The van der Waals surface area contributed by atoms with Crippen LogP contribution in [0.1, 0.15) is 20.8 Å². The zero-order chi connectivity index (χ0) is 8.41. The van der Waals surface area contributed by atoms with Gasteiger partial charge in [-0.05, 0) is 20.8 Å². The van der Waals surface area contributed by atoms with E-state index in [0.717, 1.165) is 0 Å². The molecule has 0 aliphatic rings. The molecule has 62 valence electrons. The summed E-state index contributed by atoms with van der Waals surface area (Å²) in [5.41, 5.74) is -0.370. The van der Waals surface area contributed by atoms with Crippen LogP contribution in [0.2, 0.25) is 0 Å². The second kappa shape index (κ2) is 3.11. The van der Waals surface area contributed by atoms with E-state index in [1.807, 2.05) is 20.8 Å². The van der Waals surface area contributed by atoms with Crippen molar-refractivity contribution in [2.24, 2.45) is 0 Å². The van der Waals surface area contributed by atoms with Crippen LogP contribution in [0.4, 0.5) is 0 Å². The van der Waals surface area contributed by atoms with Crippen LogP contribution in [-0.2, 0) is 9.47 Å². The molecular weight excluding hydrogens is 148 g/mol. The highest BCUT2D eigenvalue weighted by atomic mass is 32.1. The smallest absolute Gasteiger partial charge is 0.136 e. The van der Waals surface area contributed by atoms with Crippen LogP contribution >= 0.6 is 12.6 Å². The van der Waals surface area contributed by atoms with Gasteiger partial charge in [-0.25, -0.2) is 0 Å². The van der Waals surface area contributed by atoms with E-state index < -0.39 is 4.93 Å². The fraction of sp³-hybridized carbons (Fsp3) is 1.00. The molecule has 0 rings (SSSR count). The summed E-state index contributed by atoms with van der Waals surface area (Å²) in [7, 11) is 3.27. The Kier molecular flexibility index (Phi) is 3.20. The largest absolute Gasteiger partial charge is 0.375 e. The Morgan fingerprint density at radius 3 is 1.50 bits per heavy atom. The molecule has 0 saturated carbocycles. The third-order valence-electron chi connectivity index (χ3n) is 2.02. The van der Waals surface area contributed by atoms with Crippen molar-refractivity contribution in [3.8, 4) is 0 Å². The Morgan fingerprint density at radius 1 is 1.00 bits per heavy atom. The van der Waals surface area contributed by atoms with Gasteiger partial charge < -0.3 is 9.47 Å². The Morgan fingerprint density at radius 2 is 1.40 bits per heavy atom. The highest BCUT2D eigenvalue weighted by molar-refractivity contribution is 7.81. The first-order chi connectivity index (χ1) is 4.37. The van der Waals surface area contributed by atoms with Gasteiger partial charge >= 0.3 is 0 Å². The van der Waals surface area contributed by atoms with Crippen molar-refractivity contribution in [2.45, 2.75) is 31.3 Å². The molecule has 0 spiro atoms. The van der Waals surface area contributed by atoms with Crippen LogP contribution in [0, 0.1) is 0 Å². The fourth-order valence-corrected chi connectivity index (χ4v) is 0.526. The maximum Gasteiger partial charge on any atom is 0.136 e. The normalized spacial score (nSPS) is 18.6. The lowest BCUT2D eigenvalue weighted by molar-refractivity contribution is -0.105. The molecular formula is C7H16O2S. The van der Waals surface area contributed by atoms with E-state index in [9.17, 15) is 0 Å². The fourth-order valence-electron chi connectivity index (χ4n) is 0.435. The first-order valence-corrected chi connectivity index (χ1v) is 3.65. The van der Waals surface area contributed by atoms with Gasteiger partial charge in [0.05, 0.1) is 5.60 Å². The average Bonchev–Trinajstić information content (AvgIpc) is 1.88. The molecule has 0 heterocycles.